The van der Waals surface area contributed by atoms with E-state index in [2.05, 4.69) is 77.4 Å². The zero-order valence-corrected chi connectivity index (χ0v) is 23.6. The van der Waals surface area contributed by atoms with Crippen molar-refractivity contribution in [1.29, 1.82) is 0 Å². The average Bonchev–Trinajstić information content (AvgIpc) is 3.64. The van der Waals surface area contributed by atoms with Gasteiger partial charge in [0.05, 0.1) is 11.0 Å². The van der Waals surface area contributed by atoms with Crippen molar-refractivity contribution in [2.75, 3.05) is 0 Å². The van der Waals surface area contributed by atoms with Gasteiger partial charge in [-0.3, -0.25) is 0 Å². The van der Waals surface area contributed by atoms with Crippen molar-refractivity contribution < 1.29 is 4.42 Å². The quantitative estimate of drug-likeness (QED) is 0.213. The molecule has 0 aliphatic rings. The number of benzene rings is 6. The summed E-state index contributed by atoms with van der Waals surface area (Å²) in [7, 11) is 0. The normalized spacial score (nSPS) is 11.6. The lowest BCUT2D eigenvalue weighted by Crippen LogP contribution is -2.00. The van der Waals surface area contributed by atoms with E-state index in [1.165, 1.54) is 21.8 Å². The average molecular weight is 565 g/mol. The molecule has 5 heteroatoms. The van der Waals surface area contributed by atoms with Gasteiger partial charge in [0.15, 0.2) is 17.5 Å². The van der Waals surface area contributed by atoms with E-state index in [0.717, 1.165) is 44.3 Å². The Kier molecular flexibility index (Phi) is 5.43. The maximum Gasteiger partial charge on any atom is 0.164 e. The third kappa shape index (κ3) is 3.91. The van der Waals surface area contributed by atoms with Crippen molar-refractivity contribution >= 4 is 43.7 Å². The van der Waals surface area contributed by atoms with Crippen LogP contribution in [0.15, 0.2) is 150 Å². The molecule has 44 heavy (non-hydrogen) atoms. The maximum atomic E-state index is 6.31. The number of fused-ring (bicyclic) bond motifs is 6. The molecule has 0 radical (unpaired) electrons. The Hall–Kier alpha value is -6.07. The van der Waals surface area contributed by atoms with Gasteiger partial charge in [0.2, 0.25) is 0 Å². The highest BCUT2D eigenvalue weighted by molar-refractivity contribution is 6.10. The molecule has 3 aromatic heterocycles. The van der Waals surface area contributed by atoms with E-state index >= 15 is 0 Å². The van der Waals surface area contributed by atoms with Crippen LogP contribution in [0, 0.1) is 0 Å². The lowest BCUT2D eigenvalue weighted by molar-refractivity contribution is 0.669. The van der Waals surface area contributed by atoms with E-state index in [9.17, 15) is 0 Å². The molecule has 9 rings (SSSR count). The summed E-state index contributed by atoms with van der Waals surface area (Å²) in [5.74, 6) is 1.90. The second-order valence-electron chi connectivity index (χ2n) is 10.9. The van der Waals surface area contributed by atoms with E-state index in [4.69, 9.17) is 19.4 Å². The summed E-state index contributed by atoms with van der Waals surface area (Å²) in [5.41, 5.74) is 7.89. The molecule has 5 nitrogen and oxygen atoms in total. The summed E-state index contributed by atoms with van der Waals surface area (Å²) >= 11 is 0. The van der Waals surface area contributed by atoms with E-state index in [0.29, 0.717) is 17.5 Å². The second kappa shape index (κ2) is 9.75. The van der Waals surface area contributed by atoms with Crippen LogP contribution in [0.2, 0.25) is 0 Å². The molecule has 0 spiro atoms. The van der Waals surface area contributed by atoms with Crippen LogP contribution in [0.5, 0.6) is 0 Å². The van der Waals surface area contributed by atoms with Crippen LogP contribution in [0.1, 0.15) is 0 Å². The molecule has 0 bridgehead atoms. The molecular weight excluding hydrogens is 540 g/mol. The minimum absolute atomic E-state index is 0.618. The predicted octanol–water partition coefficient (Wildman–Crippen LogP) is 9.87. The van der Waals surface area contributed by atoms with Crippen LogP contribution < -0.4 is 0 Å². The zero-order valence-electron chi connectivity index (χ0n) is 23.6. The van der Waals surface area contributed by atoms with Gasteiger partial charge < -0.3 is 8.98 Å². The van der Waals surface area contributed by atoms with Crippen LogP contribution in [0.25, 0.3) is 83.6 Å². The molecule has 0 unspecified atom stereocenters. The largest absolute Gasteiger partial charge is 0.456 e. The Balaban J connectivity index is 1.24. The van der Waals surface area contributed by atoms with Gasteiger partial charge in [-0.25, -0.2) is 15.0 Å². The molecule has 0 N–H and O–H groups in total. The number of hydrogen-bond donors (Lipinski definition) is 0. The smallest absolute Gasteiger partial charge is 0.164 e. The Morgan fingerprint density at radius 3 is 1.45 bits per heavy atom. The van der Waals surface area contributed by atoms with Gasteiger partial charge in [-0.05, 0) is 48.5 Å². The Morgan fingerprint density at radius 1 is 0.386 bits per heavy atom. The molecule has 0 fully saturated rings. The first-order valence-corrected chi connectivity index (χ1v) is 14.6. The molecule has 0 aliphatic heterocycles. The van der Waals surface area contributed by atoms with Gasteiger partial charge in [-0.1, -0.05) is 97.1 Å². The number of para-hydroxylation sites is 2. The fraction of sp³-hybridized carbons (Fsp3) is 0. The van der Waals surface area contributed by atoms with Gasteiger partial charge >= 0.3 is 0 Å². The predicted molar refractivity (Wildman–Crippen MR) is 178 cm³/mol. The minimum Gasteiger partial charge on any atom is -0.456 e. The van der Waals surface area contributed by atoms with Crippen molar-refractivity contribution in [1.82, 2.24) is 19.5 Å². The Labute approximate surface area is 252 Å². The van der Waals surface area contributed by atoms with Crippen molar-refractivity contribution in [3.8, 4) is 39.9 Å². The number of aromatic nitrogens is 4. The van der Waals surface area contributed by atoms with E-state index in [1.807, 2.05) is 72.8 Å². The van der Waals surface area contributed by atoms with Crippen LogP contribution in [-0.2, 0) is 0 Å². The first-order chi connectivity index (χ1) is 21.8. The van der Waals surface area contributed by atoms with Crippen molar-refractivity contribution in [3.05, 3.63) is 146 Å². The standard InChI is InChI=1S/C39H24N4O/c1-3-11-25(12-4-1)37-40-38(26-13-5-2-6-14-26)42-39(41-37)27-19-21-35-31(23-27)32-24-28(20-22-36(32)44-35)43-33-17-9-7-15-29(33)30-16-8-10-18-34(30)43/h1-24H. The summed E-state index contributed by atoms with van der Waals surface area (Å²) in [4.78, 5) is 14.7. The van der Waals surface area contributed by atoms with E-state index < -0.39 is 0 Å². The fourth-order valence-electron chi connectivity index (χ4n) is 6.18. The van der Waals surface area contributed by atoms with Crippen molar-refractivity contribution in [3.63, 3.8) is 0 Å². The molecule has 0 saturated carbocycles. The maximum absolute atomic E-state index is 6.31. The van der Waals surface area contributed by atoms with Gasteiger partial charge in [0, 0.05) is 43.9 Å². The molecule has 206 valence electrons. The summed E-state index contributed by atoms with van der Waals surface area (Å²) < 4.78 is 8.64. The van der Waals surface area contributed by atoms with Crippen LogP contribution in [0.4, 0.5) is 0 Å². The minimum atomic E-state index is 0.618. The van der Waals surface area contributed by atoms with E-state index in [-0.39, 0.29) is 0 Å². The highest BCUT2D eigenvalue weighted by Gasteiger charge is 2.16. The van der Waals surface area contributed by atoms with Gasteiger partial charge in [-0.2, -0.15) is 0 Å². The second-order valence-corrected chi connectivity index (χ2v) is 10.9. The number of nitrogens with zero attached hydrogens (tertiary/aromatic N) is 4. The monoisotopic (exact) mass is 564 g/mol. The lowest BCUT2D eigenvalue weighted by atomic mass is 10.1. The molecule has 0 aliphatic carbocycles. The Morgan fingerprint density at radius 2 is 0.864 bits per heavy atom. The van der Waals surface area contributed by atoms with Gasteiger partial charge in [0.25, 0.3) is 0 Å². The topological polar surface area (TPSA) is 56.7 Å². The number of hydrogen-bond acceptors (Lipinski definition) is 4. The Bertz CT molecular complexity index is 2380. The molecule has 3 heterocycles. The molecule has 6 aromatic carbocycles. The number of furan rings is 1. The highest BCUT2D eigenvalue weighted by atomic mass is 16.3. The van der Waals surface area contributed by atoms with Crippen LogP contribution >= 0.6 is 0 Å². The SMILES string of the molecule is c1ccc(-c2nc(-c3ccccc3)nc(-c3ccc4oc5ccc(-n6c7ccccc7c7ccccc76)cc5c4c3)n2)cc1. The summed E-state index contributed by atoms with van der Waals surface area (Å²) in [6.45, 7) is 0. The van der Waals surface area contributed by atoms with Crippen molar-refractivity contribution in [2.45, 2.75) is 0 Å². The molecule has 9 aromatic rings. The summed E-state index contributed by atoms with van der Waals surface area (Å²) in [6.07, 6.45) is 0. The fourth-order valence-corrected chi connectivity index (χ4v) is 6.18. The van der Waals surface area contributed by atoms with Crippen LogP contribution in [0.3, 0.4) is 0 Å². The number of rotatable bonds is 4. The molecular formula is C39H24N4O. The highest BCUT2D eigenvalue weighted by Crippen LogP contribution is 2.37. The first-order valence-electron chi connectivity index (χ1n) is 14.6. The third-order valence-corrected chi connectivity index (χ3v) is 8.25. The van der Waals surface area contributed by atoms with Crippen LogP contribution in [-0.4, -0.2) is 19.5 Å². The first kappa shape index (κ1) is 24.5. The third-order valence-electron chi connectivity index (χ3n) is 8.25. The lowest BCUT2D eigenvalue weighted by Gasteiger charge is -2.09. The molecule has 0 atom stereocenters. The summed E-state index contributed by atoms with van der Waals surface area (Å²) in [5, 5.41) is 4.53. The van der Waals surface area contributed by atoms with Crippen molar-refractivity contribution in [2.24, 2.45) is 0 Å². The van der Waals surface area contributed by atoms with Gasteiger partial charge in [-0.15, -0.1) is 0 Å². The molecule has 0 saturated heterocycles. The van der Waals surface area contributed by atoms with Gasteiger partial charge in [0.1, 0.15) is 11.2 Å². The van der Waals surface area contributed by atoms with E-state index in [1.54, 1.807) is 0 Å². The molecule has 0 amide bonds. The zero-order chi connectivity index (χ0) is 29.0. The summed E-state index contributed by atoms with van der Waals surface area (Å²) in [6, 6.07) is 49.8.